The summed E-state index contributed by atoms with van der Waals surface area (Å²) < 4.78 is 33.2. The Balaban J connectivity index is 1.70. The highest BCUT2D eigenvalue weighted by molar-refractivity contribution is 9.11. The molecule has 0 N–H and O–H groups in total. The van der Waals surface area contributed by atoms with Crippen molar-refractivity contribution in [2.24, 2.45) is 0 Å². The minimum absolute atomic E-state index is 0.197. The molecule has 1 saturated heterocycles. The van der Waals surface area contributed by atoms with Gasteiger partial charge in [0.05, 0.1) is 10.4 Å². The number of ether oxygens (including phenoxy) is 1. The molecule has 140 valence electrons. The van der Waals surface area contributed by atoms with Crippen molar-refractivity contribution < 1.29 is 17.9 Å². The predicted octanol–water partition coefficient (Wildman–Crippen LogP) is 2.45. The fourth-order valence-corrected chi connectivity index (χ4v) is 6.26. The topological polar surface area (TPSA) is 79.8 Å². The second-order valence-corrected chi connectivity index (χ2v) is 10.2. The van der Waals surface area contributed by atoms with Gasteiger partial charge in [-0.05, 0) is 47.1 Å². The number of thiophene rings is 1. The van der Waals surface area contributed by atoms with E-state index < -0.39 is 10.0 Å². The zero-order valence-electron chi connectivity index (χ0n) is 14.1. The first-order valence-corrected chi connectivity index (χ1v) is 11.1. The molecule has 0 aromatic carbocycles. The fraction of sp³-hybridized carbons (Fsp3) is 0.375. The third kappa shape index (κ3) is 3.93. The van der Waals surface area contributed by atoms with Crippen LogP contribution in [0.5, 0.6) is 5.88 Å². The van der Waals surface area contributed by atoms with Gasteiger partial charge in [-0.1, -0.05) is 0 Å². The van der Waals surface area contributed by atoms with Crippen molar-refractivity contribution in [2.75, 3.05) is 32.8 Å². The number of rotatable bonds is 5. The van der Waals surface area contributed by atoms with E-state index in [0.717, 1.165) is 3.79 Å². The van der Waals surface area contributed by atoms with E-state index in [-0.39, 0.29) is 19.0 Å². The Morgan fingerprint density at radius 1 is 1.27 bits per heavy atom. The van der Waals surface area contributed by atoms with Gasteiger partial charge in [-0.2, -0.15) is 4.31 Å². The number of halogens is 1. The Kier molecular flexibility index (Phi) is 5.96. The maximum absolute atomic E-state index is 12.8. The third-order valence-corrected chi connectivity index (χ3v) is 7.94. The maximum Gasteiger partial charge on any atom is 0.259 e. The van der Waals surface area contributed by atoms with E-state index in [2.05, 4.69) is 20.9 Å². The van der Waals surface area contributed by atoms with Crippen molar-refractivity contribution >= 4 is 43.2 Å². The number of piperazine rings is 1. The molecular weight excluding hydrogens is 442 g/mol. The number of carbonyl (C=O) groups is 1. The quantitative estimate of drug-likeness (QED) is 0.685. The number of pyridine rings is 1. The number of sulfonamides is 1. The molecule has 7 nitrogen and oxygen atoms in total. The SMILES string of the molecule is CCOc1ncccc1C(=O)N1CCN(S(=O)(=O)c2ccc(Br)s2)CC1. The fourth-order valence-electron chi connectivity index (χ4n) is 2.67. The maximum atomic E-state index is 12.8. The summed E-state index contributed by atoms with van der Waals surface area (Å²) in [6.07, 6.45) is 1.57. The summed E-state index contributed by atoms with van der Waals surface area (Å²) in [6, 6.07) is 6.67. The van der Waals surface area contributed by atoms with Crippen LogP contribution in [0.1, 0.15) is 17.3 Å². The van der Waals surface area contributed by atoms with Crippen LogP contribution >= 0.6 is 27.3 Å². The molecule has 1 amide bonds. The van der Waals surface area contributed by atoms with Crippen LogP contribution in [-0.2, 0) is 10.0 Å². The summed E-state index contributed by atoms with van der Waals surface area (Å²) >= 11 is 4.47. The van der Waals surface area contributed by atoms with Gasteiger partial charge in [0, 0.05) is 32.4 Å². The zero-order chi connectivity index (χ0) is 18.7. The Bertz CT molecular complexity index is 892. The molecule has 26 heavy (non-hydrogen) atoms. The Labute approximate surface area is 164 Å². The van der Waals surface area contributed by atoms with Crippen LogP contribution in [0.3, 0.4) is 0 Å². The molecular formula is C16H18BrN3O4S2. The van der Waals surface area contributed by atoms with Gasteiger partial charge in [0.15, 0.2) is 0 Å². The van der Waals surface area contributed by atoms with E-state index in [1.807, 2.05) is 6.92 Å². The highest BCUT2D eigenvalue weighted by Crippen LogP contribution is 2.29. The molecule has 0 bridgehead atoms. The highest BCUT2D eigenvalue weighted by atomic mass is 79.9. The monoisotopic (exact) mass is 459 g/mol. The lowest BCUT2D eigenvalue weighted by atomic mass is 10.2. The minimum Gasteiger partial charge on any atom is -0.477 e. The summed E-state index contributed by atoms with van der Waals surface area (Å²) in [4.78, 5) is 18.5. The largest absolute Gasteiger partial charge is 0.477 e. The highest BCUT2D eigenvalue weighted by Gasteiger charge is 2.32. The van der Waals surface area contributed by atoms with E-state index in [9.17, 15) is 13.2 Å². The van der Waals surface area contributed by atoms with Gasteiger partial charge in [-0.25, -0.2) is 13.4 Å². The first-order chi connectivity index (χ1) is 12.4. The standard InChI is InChI=1S/C16H18BrN3O4S2/c1-2-24-15-12(4-3-7-18-15)16(21)19-8-10-20(11-9-19)26(22,23)14-6-5-13(17)25-14/h3-7H,2,8-11H2,1H3. The molecule has 0 saturated carbocycles. The van der Waals surface area contributed by atoms with Crippen molar-refractivity contribution in [3.05, 3.63) is 39.8 Å². The number of carbonyl (C=O) groups excluding carboxylic acids is 1. The Hall–Kier alpha value is -1.49. The van der Waals surface area contributed by atoms with E-state index in [1.165, 1.54) is 15.6 Å². The van der Waals surface area contributed by atoms with Crippen molar-refractivity contribution in [2.45, 2.75) is 11.1 Å². The van der Waals surface area contributed by atoms with Crippen LogP contribution in [0.25, 0.3) is 0 Å². The summed E-state index contributed by atoms with van der Waals surface area (Å²) in [5.74, 6) is 0.107. The van der Waals surface area contributed by atoms with E-state index in [1.54, 1.807) is 35.4 Å². The van der Waals surface area contributed by atoms with Crippen LogP contribution in [-0.4, -0.2) is 61.3 Å². The second-order valence-electron chi connectivity index (χ2n) is 5.54. The zero-order valence-corrected chi connectivity index (χ0v) is 17.3. The molecule has 2 aromatic heterocycles. The smallest absolute Gasteiger partial charge is 0.259 e. The van der Waals surface area contributed by atoms with Gasteiger partial charge in [0.25, 0.3) is 15.9 Å². The van der Waals surface area contributed by atoms with E-state index >= 15 is 0 Å². The lowest BCUT2D eigenvalue weighted by Gasteiger charge is -2.33. The average molecular weight is 460 g/mol. The van der Waals surface area contributed by atoms with Gasteiger partial charge in [-0.3, -0.25) is 4.79 Å². The predicted molar refractivity (Wildman–Crippen MR) is 102 cm³/mol. The van der Waals surface area contributed by atoms with Crippen LogP contribution in [0, 0.1) is 0 Å². The van der Waals surface area contributed by atoms with Crippen LogP contribution in [0.4, 0.5) is 0 Å². The van der Waals surface area contributed by atoms with Gasteiger partial charge in [-0.15, -0.1) is 11.3 Å². The molecule has 0 aliphatic carbocycles. The molecule has 0 atom stereocenters. The number of hydrogen-bond acceptors (Lipinski definition) is 6. The molecule has 1 fully saturated rings. The van der Waals surface area contributed by atoms with Crippen LogP contribution in [0.15, 0.2) is 38.5 Å². The summed E-state index contributed by atoms with van der Waals surface area (Å²) in [5.41, 5.74) is 0.396. The second kappa shape index (κ2) is 8.03. The van der Waals surface area contributed by atoms with Crippen molar-refractivity contribution in [1.29, 1.82) is 0 Å². The molecule has 0 unspecified atom stereocenters. The Morgan fingerprint density at radius 2 is 2.00 bits per heavy atom. The summed E-state index contributed by atoms with van der Waals surface area (Å²) in [7, 11) is -3.52. The minimum atomic E-state index is -3.52. The number of aromatic nitrogens is 1. The van der Waals surface area contributed by atoms with Crippen molar-refractivity contribution in [3.63, 3.8) is 0 Å². The molecule has 1 aliphatic heterocycles. The lowest BCUT2D eigenvalue weighted by Crippen LogP contribution is -2.50. The van der Waals surface area contributed by atoms with E-state index in [0.29, 0.717) is 35.3 Å². The first kappa shape index (κ1) is 19.3. The van der Waals surface area contributed by atoms with Crippen molar-refractivity contribution in [1.82, 2.24) is 14.2 Å². The number of amides is 1. The molecule has 1 aliphatic rings. The average Bonchev–Trinajstić information content (AvgIpc) is 3.09. The summed E-state index contributed by atoms with van der Waals surface area (Å²) in [5, 5.41) is 0. The third-order valence-electron chi connectivity index (χ3n) is 3.95. The van der Waals surface area contributed by atoms with Gasteiger partial charge in [0.2, 0.25) is 5.88 Å². The van der Waals surface area contributed by atoms with Crippen molar-refractivity contribution in [3.8, 4) is 5.88 Å². The summed E-state index contributed by atoms with van der Waals surface area (Å²) in [6.45, 7) is 3.41. The van der Waals surface area contributed by atoms with Crippen LogP contribution < -0.4 is 4.74 Å². The van der Waals surface area contributed by atoms with Gasteiger partial charge >= 0.3 is 0 Å². The Morgan fingerprint density at radius 3 is 2.62 bits per heavy atom. The number of hydrogen-bond donors (Lipinski definition) is 0. The molecule has 0 radical (unpaired) electrons. The lowest BCUT2D eigenvalue weighted by molar-refractivity contribution is 0.0693. The van der Waals surface area contributed by atoms with E-state index in [4.69, 9.17) is 4.74 Å². The molecule has 3 heterocycles. The first-order valence-electron chi connectivity index (χ1n) is 8.06. The molecule has 0 spiro atoms. The van der Waals surface area contributed by atoms with Gasteiger partial charge < -0.3 is 9.64 Å². The normalized spacial score (nSPS) is 15.8. The molecule has 2 aromatic rings. The molecule has 3 rings (SSSR count). The van der Waals surface area contributed by atoms with Gasteiger partial charge in [0.1, 0.15) is 9.77 Å². The molecule has 10 heteroatoms. The number of nitrogens with zero attached hydrogens (tertiary/aromatic N) is 3. The van der Waals surface area contributed by atoms with Crippen LogP contribution in [0.2, 0.25) is 0 Å².